The topological polar surface area (TPSA) is 94.6 Å². The molecule has 0 spiro atoms. The molecule has 6 nitrogen and oxygen atoms in total. The first-order valence-corrected chi connectivity index (χ1v) is 11.4. The number of hydrogen-bond acceptors (Lipinski definition) is 7. The molecule has 0 saturated heterocycles. The first kappa shape index (κ1) is 22.4. The van der Waals surface area contributed by atoms with E-state index in [0.717, 1.165) is 26.6 Å². The largest absolute Gasteiger partial charge is 0.489 e. The first-order chi connectivity index (χ1) is 15.9. The monoisotopic (exact) mass is 460 g/mol. The number of nitrogens with zero attached hydrogens (tertiary/aromatic N) is 1. The summed E-state index contributed by atoms with van der Waals surface area (Å²) in [6.07, 6.45) is 0. The molecule has 7 heteroatoms. The molecule has 2 aromatic carbocycles. The van der Waals surface area contributed by atoms with E-state index < -0.39 is 11.9 Å². The van der Waals surface area contributed by atoms with Crippen LogP contribution in [0.15, 0.2) is 60.0 Å². The molecule has 168 valence electrons. The zero-order chi connectivity index (χ0) is 23.5. The van der Waals surface area contributed by atoms with Gasteiger partial charge in [-0.1, -0.05) is 42.0 Å². The van der Waals surface area contributed by atoms with Crippen LogP contribution in [-0.4, -0.2) is 12.6 Å². The zero-order valence-electron chi connectivity index (χ0n) is 18.7. The Morgan fingerprint density at radius 1 is 1.21 bits per heavy atom. The Morgan fingerprint density at radius 3 is 2.64 bits per heavy atom. The van der Waals surface area contributed by atoms with Crippen LogP contribution in [0.3, 0.4) is 0 Å². The lowest BCUT2D eigenvalue weighted by molar-refractivity contribution is 0.0522. The maximum absolute atomic E-state index is 12.5. The van der Waals surface area contributed by atoms with Crippen molar-refractivity contribution < 1.29 is 19.0 Å². The van der Waals surface area contributed by atoms with Crippen LogP contribution in [0.5, 0.6) is 11.5 Å². The highest BCUT2D eigenvalue weighted by molar-refractivity contribution is 7.12. The molecule has 0 radical (unpaired) electrons. The highest BCUT2D eigenvalue weighted by atomic mass is 32.1. The van der Waals surface area contributed by atoms with Gasteiger partial charge in [0, 0.05) is 4.88 Å². The van der Waals surface area contributed by atoms with Crippen molar-refractivity contribution in [3.8, 4) is 17.6 Å². The van der Waals surface area contributed by atoms with Gasteiger partial charge in [-0.2, -0.15) is 5.26 Å². The summed E-state index contributed by atoms with van der Waals surface area (Å²) >= 11 is 1.41. The van der Waals surface area contributed by atoms with Crippen LogP contribution >= 0.6 is 11.3 Å². The summed E-state index contributed by atoms with van der Waals surface area (Å²) in [5.41, 5.74) is 9.91. The normalized spacial score (nSPS) is 14.8. The molecular weight excluding hydrogens is 436 g/mol. The van der Waals surface area contributed by atoms with E-state index in [2.05, 4.69) is 12.1 Å². The second-order valence-corrected chi connectivity index (χ2v) is 8.97. The number of thiophene rings is 1. The number of esters is 1. The van der Waals surface area contributed by atoms with Crippen molar-refractivity contribution in [3.05, 3.63) is 92.0 Å². The number of carbonyl (C=O) groups is 1. The summed E-state index contributed by atoms with van der Waals surface area (Å²) in [5.74, 6) is 0.198. The average Bonchev–Trinajstić information content (AvgIpc) is 3.12. The number of carbonyl (C=O) groups excluding carboxylic acids is 1. The summed E-state index contributed by atoms with van der Waals surface area (Å²) in [7, 11) is 0. The zero-order valence-corrected chi connectivity index (χ0v) is 19.5. The third kappa shape index (κ3) is 4.43. The van der Waals surface area contributed by atoms with E-state index in [-0.39, 0.29) is 12.5 Å². The molecule has 1 aliphatic rings. The molecule has 1 aromatic heterocycles. The molecule has 1 atom stereocenters. The van der Waals surface area contributed by atoms with Gasteiger partial charge in [-0.25, -0.2) is 4.79 Å². The van der Waals surface area contributed by atoms with Crippen LogP contribution in [-0.2, 0) is 11.3 Å². The predicted molar refractivity (Wildman–Crippen MR) is 126 cm³/mol. The Morgan fingerprint density at radius 2 is 1.97 bits per heavy atom. The standard InChI is InChI=1S/C26H24N2O4S/c1-4-30-26(29)21-16(3)33-24-22(20(13-27)25(28)32-23(21)24)18-8-10-19(11-9-18)31-14-17-7-5-6-15(2)12-17/h5-12,22H,4,14,28H2,1-3H3. The number of fused-ring (bicyclic) bond motifs is 1. The van der Waals surface area contributed by atoms with Crippen molar-refractivity contribution in [3.63, 3.8) is 0 Å². The molecule has 0 amide bonds. The third-order valence-corrected chi connectivity index (χ3v) is 6.55. The maximum Gasteiger partial charge on any atom is 0.343 e. The van der Waals surface area contributed by atoms with Crippen molar-refractivity contribution >= 4 is 17.3 Å². The first-order valence-electron chi connectivity index (χ1n) is 10.6. The van der Waals surface area contributed by atoms with E-state index in [4.69, 9.17) is 19.9 Å². The lowest BCUT2D eigenvalue weighted by atomic mass is 9.88. The van der Waals surface area contributed by atoms with E-state index in [0.29, 0.717) is 23.5 Å². The Balaban J connectivity index is 1.65. The van der Waals surface area contributed by atoms with E-state index in [1.165, 1.54) is 16.9 Å². The summed E-state index contributed by atoms with van der Waals surface area (Å²) in [6.45, 7) is 6.35. The van der Waals surface area contributed by atoms with Gasteiger partial charge < -0.3 is 19.9 Å². The molecule has 0 fully saturated rings. The van der Waals surface area contributed by atoms with Crippen LogP contribution < -0.4 is 15.2 Å². The fraction of sp³-hybridized carbons (Fsp3) is 0.231. The second kappa shape index (κ2) is 9.39. The smallest absolute Gasteiger partial charge is 0.343 e. The molecule has 0 saturated carbocycles. The molecule has 0 bridgehead atoms. The average molecular weight is 461 g/mol. The highest BCUT2D eigenvalue weighted by Gasteiger charge is 2.37. The minimum absolute atomic E-state index is 0.00174. The van der Waals surface area contributed by atoms with Crippen molar-refractivity contribution in [1.29, 1.82) is 5.26 Å². The quantitative estimate of drug-likeness (QED) is 0.499. The maximum atomic E-state index is 12.5. The van der Waals surface area contributed by atoms with Crippen LogP contribution in [0.4, 0.5) is 0 Å². The van der Waals surface area contributed by atoms with Crippen molar-refractivity contribution in [2.75, 3.05) is 6.61 Å². The predicted octanol–water partition coefficient (Wildman–Crippen LogP) is 5.34. The molecule has 1 unspecified atom stereocenters. The van der Waals surface area contributed by atoms with Gasteiger partial charge in [-0.15, -0.1) is 11.3 Å². The van der Waals surface area contributed by atoms with Gasteiger partial charge >= 0.3 is 5.97 Å². The van der Waals surface area contributed by atoms with Crippen molar-refractivity contribution in [2.24, 2.45) is 5.73 Å². The lowest BCUT2D eigenvalue weighted by Gasteiger charge is -2.24. The van der Waals surface area contributed by atoms with Crippen molar-refractivity contribution in [1.82, 2.24) is 0 Å². The van der Waals surface area contributed by atoms with Crippen molar-refractivity contribution in [2.45, 2.75) is 33.3 Å². The molecule has 2 N–H and O–H groups in total. The van der Waals surface area contributed by atoms with E-state index in [1.54, 1.807) is 6.92 Å². The van der Waals surface area contributed by atoms with Crippen LogP contribution in [0.25, 0.3) is 0 Å². The number of nitriles is 1. The van der Waals surface area contributed by atoms with Crippen LogP contribution in [0, 0.1) is 25.2 Å². The van der Waals surface area contributed by atoms with Gasteiger partial charge in [0.2, 0.25) is 5.88 Å². The molecule has 1 aliphatic heterocycles. The second-order valence-electron chi connectivity index (χ2n) is 7.72. The fourth-order valence-corrected chi connectivity index (χ4v) is 5.09. The molecule has 2 heterocycles. The summed E-state index contributed by atoms with van der Waals surface area (Å²) < 4.78 is 16.9. The lowest BCUT2D eigenvalue weighted by Crippen LogP contribution is -2.21. The molecular formula is C26H24N2O4S. The molecule has 33 heavy (non-hydrogen) atoms. The summed E-state index contributed by atoms with van der Waals surface area (Å²) in [5, 5.41) is 9.80. The number of nitrogens with two attached hydrogens (primary N) is 1. The third-order valence-electron chi connectivity index (χ3n) is 5.40. The summed E-state index contributed by atoms with van der Waals surface area (Å²) in [4.78, 5) is 14.0. The van der Waals surface area contributed by atoms with E-state index in [9.17, 15) is 10.1 Å². The van der Waals surface area contributed by atoms with Gasteiger partial charge in [0.15, 0.2) is 5.75 Å². The number of rotatable bonds is 6. The van der Waals surface area contributed by atoms with E-state index >= 15 is 0 Å². The number of aryl methyl sites for hydroxylation is 2. The van der Waals surface area contributed by atoms with E-state index in [1.807, 2.05) is 56.3 Å². The number of benzene rings is 2. The Labute approximate surface area is 196 Å². The SMILES string of the molecule is CCOC(=O)c1c(C)sc2c1OC(N)=C(C#N)C2c1ccc(OCc2cccc(C)c2)cc1. The summed E-state index contributed by atoms with van der Waals surface area (Å²) in [6, 6.07) is 17.9. The Hall–Kier alpha value is -3.76. The number of ether oxygens (including phenoxy) is 3. The van der Waals surface area contributed by atoms with Gasteiger partial charge in [-0.05, 0) is 44.0 Å². The van der Waals surface area contributed by atoms with Crippen LogP contribution in [0.2, 0.25) is 0 Å². The minimum Gasteiger partial charge on any atom is -0.489 e. The van der Waals surface area contributed by atoms with Gasteiger partial charge in [0.1, 0.15) is 29.6 Å². The number of hydrogen-bond donors (Lipinski definition) is 1. The van der Waals surface area contributed by atoms with Gasteiger partial charge in [0.25, 0.3) is 0 Å². The van der Waals surface area contributed by atoms with Gasteiger partial charge in [0.05, 0.1) is 17.4 Å². The Bertz CT molecular complexity index is 1270. The molecule has 0 aliphatic carbocycles. The fourth-order valence-electron chi connectivity index (χ4n) is 3.88. The Kier molecular flexibility index (Phi) is 6.38. The number of allylic oxidation sites excluding steroid dienone is 1. The van der Waals surface area contributed by atoms with Crippen LogP contribution in [0.1, 0.15) is 49.6 Å². The van der Waals surface area contributed by atoms with Gasteiger partial charge in [-0.3, -0.25) is 0 Å². The highest BCUT2D eigenvalue weighted by Crippen LogP contribution is 2.49. The molecule has 3 aromatic rings. The minimum atomic E-state index is -0.459. The molecule has 4 rings (SSSR count).